The predicted molar refractivity (Wildman–Crippen MR) is 132 cm³/mol. The number of hydrogen-bond donors (Lipinski definition) is 2. The van der Waals surface area contributed by atoms with E-state index in [-0.39, 0.29) is 11.7 Å². The minimum atomic E-state index is -0.941. The summed E-state index contributed by atoms with van der Waals surface area (Å²) in [5.41, 5.74) is 4.77. The maximum Gasteiger partial charge on any atom is 0.407 e. The van der Waals surface area contributed by atoms with Crippen LogP contribution < -0.4 is 11.0 Å². The molecule has 1 amide bonds. The van der Waals surface area contributed by atoms with Gasteiger partial charge in [0, 0.05) is 56.9 Å². The summed E-state index contributed by atoms with van der Waals surface area (Å²) in [6.07, 6.45) is 7.51. The SMILES string of the molecule is Cn1cc(C2CCC(c3ccc4ncc5c(c4c3)n([C@@H]3CCN(C(=O)O)C3)c(=O)n5C)CN2)cn1. The number of hydrogen-bond acceptors (Lipinski definition) is 5. The van der Waals surface area contributed by atoms with Crippen molar-refractivity contribution >= 4 is 28.0 Å². The average Bonchev–Trinajstić information content (AvgIpc) is 3.58. The van der Waals surface area contributed by atoms with Crippen molar-refractivity contribution in [2.75, 3.05) is 19.6 Å². The molecule has 0 bridgehead atoms. The Balaban J connectivity index is 1.37. The molecule has 2 fully saturated rings. The maximum atomic E-state index is 13.3. The van der Waals surface area contributed by atoms with E-state index < -0.39 is 6.09 Å². The maximum absolute atomic E-state index is 13.3. The molecule has 3 atom stereocenters. The third-order valence-electron chi connectivity index (χ3n) is 7.75. The normalized spacial score (nSPS) is 22.9. The van der Waals surface area contributed by atoms with E-state index in [1.165, 1.54) is 16.0 Å². The number of aromatic nitrogens is 5. The van der Waals surface area contributed by atoms with E-state index in [2.05, 4.69) is 33.7 Å². The summed E-state index contributed by atoms with van der Waals surface area (Å²) in [5, 5.41) is 18.3. The molecule has 0 radical (unpaired) electrons. The van der Waals surface area contributed by atoms with Gasteiger partial charge in [0.1, 0.15) is 0 Å². The van der Waals surface area contributed by atoms with Crippen molar-refractivity contribution in [2.45, 2.75) is 37.3 Å². The van der Waals surface area contributed by atoms with Crippen LogP contribution >= 0.6 is 0 Å². The summed E-state index contributed by atoms with van der Waals surface area (Å²) in [6, 6.07) is 6.49. The van der Waals surface area contributed by atoms with Crippen LogP contribution in [0.3, 0.4) is 0 Å². The number of benzene rings is 1. The van der Waals surface area contributed by atoms with Crippen LogP contribution in [0, 0.1) is 0 Å². The van der Waals surface area contributed by atoms with Gasteiger partial charge in [0.15, 0.2) is 0 Å². The molecule has 2 N–H and O–H groups in total. The van der Waals surface area contributed by atoms with Gasteiger partial charge in [-0.15, -0.1) is 0 Å². The quantitative estimate of drug-likeness (QED) is 0.472. The number of pyridine rings is 1. The van der Waals surface area contributed by atoms with Crippen LogP contribution in [0.25, 0.3) is 21.9 Å². The Hall–Kier alpha value is -3.66. The molecular weight excluding hydrogens is 446 g/mol. The van der Waals surface area contributed by atoms with Crippen molar-refractivity contribution in [1.29, 1.82) is 0 Å². The molecule has 2 unspecified atom stereocenters. The van der Waals surface area contributed by atoms with Crippen LogP contribution in [0.2, 0.25) is 0 Å². The van der Waals surface area contributed by atoms with Gasteiger partial charge >= 0.3 is 11.8 Å². The van der Waals surface area contributed by atoms with E-state index in [9.17, 15) is 14.7 Å². The predicted octanol–water partition coefficient (Wildman–Crippen LogP) is 2.75. The Labute approximate surface area is 201 Å². The van der Waals surface area contributed by atoms with E-state index in [4.69, 9.17) is 0 Å². The van der Waals surface area contributed by atoms with E-state index in [1.54, 1.807) is 22.4 Å². The van der Waals surface area contributed by atoms with Crippen molar-refractivity contribution in [2.24, 2.45) is 14.1 Å². The molecule has 4 aromatic rings. The van der Waals surface area contributed by atoms with Crippen molar-refractivity contribution in [1.82, 2.24) is 34.1 Å². The minimum absolute atomic E-state index is 0.129. The number of imidazole rings is 1. The molecular formula is C25H29N7O3. The zero-order valence-electron chi connectivity index (χ0n) is 19.9. The van der Waals surface area contributed by atoms with Crippen molar-refractivity contribution in [3.63, 3.8) is 0 Å². The van der Waals surface area contributed by atoms with Gasteiger partial charge in [-0.3, -0.25) is 18.8 Å². The topological polar surface area (TPSA) is 110 Å². The number of piperidine rings is 1. The molecule has 3 aromatic heterocycles. The number of amides is 1. The van der Waals surface area contributed by atoms with Gasteiger partial charge in [0.25, 0.3) is 0 Å². The van der Waals surface area contributed by atoms with E-state index in [1.807, 2.05) is 24.0 Å². The Morgan fingerprint density at radius 1 is 1.14 bits per heavy atom. The highest BCUT2D eigenvalue weighted by Gasteiger charge is 2.31. The molecule has 0 spiro atoms. The average molecular weight is 476 g/mol. The lowest BCUT2D eigenvalue weighted by molar-refractivity contribution is 0.154. The summed E-state index contributed by atoms with van der Waals surface area (Å²) in [7, 11) is 3.69. The van der Waals surface area contributed by atoms with Crippen LogP contribution in [0.15, 0.2) is 41.6 Å². The third-order valence-corrected chi connectivity index (χ3v) is 7.75. The number of nitrogens with zero attached hydrogens (tertiary/aromatic N) is 6. The Bertz CT molecular complexity index is 1490. The van der Waals surface area contributed by atoms with Gasteiger partial charge in [0.2, 0.25) is 0 Å². The van der Waals surface area contributed by atoms with Crippen LogP contribution in [0.5, 0.6) is 0 Å². The summed E-state index contributed by atoms with van der Waals surface area (Å²) in [6.45, 7) is 1.62. The Morgan fingerprint density at radius 2 is 2.00 bits per heavy atom. The Morgan fingerprint density at radius 3 is 2.69 bits per heavy atom. The molecule has 2 aliphatic heterocycles. The largest absolute Gasteiger partial charge is 0.465 e. The van der Waals surface area contributed by atoms with Crippen LogP contribution in [-0.4, -0.2) is 59.6 Å². The van der Waals surface area contributed by atoms with E-state index in [0.29, 0.717) is 31.5 Å². The van der Waals surface area contributed by atoms with E-state index in [0.717, 1.165) is 41.3 Å². The Kier molecular flexibility index (Phi) is 5.14. The number of likely N-dealkylation sites (tertiary alicyclic amines) is 1. The summed E-state index contributed by atoms with van der Waals surface area (Å²) in [4.78, 5) is 30.8. The highest BCUT2D eigenvalue weighted by molar-refractivity contribution is 6.02. The second kappa shape index (κ2) is 8.23. The highest BCUT2D eigenvalue weighted by atomic mass is 16.4. The summed E-state index contributed by atoms with van der Waals surface area (Å²) in [5.74, 6) is 0.362. The molecule has 5 heterocycles. The van der Waals surface area contributed by atoms with Gasteiger partial charge in [-0.05, 0) is 42.9 Å². The molecule has 0 aliphatic carbocycles. The molecule has 182 valence electrons. The van der Waals surface area contributed by atoms with Gasteiger partial charge in [0.05, 0.1) is 35.0 Å². The fourth-order valence-electron chi connectivity index (χ4n) is 5.81. The lowest BCUT2D eigenvalue weighted by Crippen LogP contribution is -2.32. The number of carbonyl (C=O) groups is 1. The number of carboxylic acid groups (broad SMARTS) is 1. The fraction of sp³-hybridized carbons (Fsp3) is 0.440. The minimum Gasteiger partial charge on any atom is -0.465 e. The van der Waals surface area contributed by atoms with Crippen LogP contribution in [0.1, 0.15) is 48.4 Å². The monoisotopic (exact) mass is 475 g/mol. The summed E-state index contributed by atoms with van der Waals surface area (Å²) < 4.78 is 5.26. The zero-order chi connectivity index (χ0) is 24.3. The third kappa shape index (κ3) is 3.59. The first-order valence-corrected chi connectivity index (χ1v) is 12.1. The molecule has 10 nitrogen and oxygen atoms in total. The highest BCUT2D eigenvalue weighted by Crippen LogP contribution is 2.35. The first kappa shape index (κ1) is 21.8. The van der Waals surface area contributed by atoms with Gasteiger partial charge in [-0.1, -0.05) is 6.07 Å². The molecule has 2 aliphatic rings. The molecule has 6 rings (SSSR count). The molecule has 10 heteroatoms. The van der Waals surface area contributed by atoms with Gasteiger partial charge in [-0.2, -0.15) is 5.10 Å². The first-order valence-electron chi connectivity index (χ1n) is 12.1. The van der Waals surface area contributed by atoms with Crippen molar-refractivity contribution < 1.29 is 9.90 Å². The number of fused-ring (bicyclic) bond motifs is 3. The van der Waals surface area contributed by atoms with Crippen LogP contribution in [0.4, 0.5) is 4.79 Å². The molecule has 1 aromatic carbocycles. The molecule has 2 saturated heterocycles. The second-order valence-electron chi connectivity index (χ2n) is 9.83. The lowest BCUT2D eigenvalue weighted by atomic mass is 9.86. The molecule has 0 saturated carbocycles. The van der Waals surface area contributed by atoms with E-state index >= 15 is 0 Å². The number of aryl methyl sites for hydroxylation is 2. The first-order chi connectivity index (χ1) is 16.9. The van der Waals surface area contributed by atoms with Crippen molar-refractivity contribution in [3.8, 4) is 0 Å². The zero-order valence-corrected chi connectivity index (χ0v) is 19.9. The summed E-state index contributed by atoms with van der Waals surface area (Å²) >= 11 is 0. The second-order valence-corrected chi connectivity index (χ2v) is 9.83. The fourth-order valence-corrected chi connectivity index (χ4v) is 5.81. The van der Waals surface area contributed by atoms with Crippen LogP contribution in [-0.2, 0) is 14.1 Å². The van der Waals surface area contributed by atoms with Gasteiger partial charge in [-0.25, -0.2) is 9.59 Å². The number of nitrogens with one attached hydrogen (secondary N) is 1. The van der Waals surface area contributed by atoms with Crippen molar-refractivity contribution in [3.05, 3.63) is 58.4 Å². The molecule has 35 heavy (non-hydrogen) atoms. The smallest absolute Gasteiger partial charge is 0.407 e. The van der Waals surface area contributed by atoms with Gasteiger partial charge < -0.3 is 15.3 Å². The number of rotatable bonds is 3. The lowest BCUT2D eigenvalue weighted by Gasteiger charge is -2.30. The standard InChI is InChI=1S/C25H29N7O3/c1-29-13-17(11-28-29)20-5-4-16(10-26-20)15-3-6-21-19(9-15)23-22(12-27-21)30(2)24(33)32(23)18-7-8-31(14-18)25(34)35/h3,6,9,11-13,16,18,20,26H,4-5,7-8,10,14H2,1-2H3,(H,34,35)/t16?,18-,20?/m1/s1.